The summed E-state index contributed by atoms with van der Waals surface area (Å²) in [4.78, 5) is 13.3. The highest BCUT2D eigenvalue weighted by atomic mass is 32.2. The van der Waals surface area contributed by atoms with Crippen LogP contribution in [0, 0.1) is 5.92 Å². The number of benzene rings is 2. The van der Waals surface area contributed by atoms with E-state index in [0.29, 0.717) is 30.4 Å². The van der Waals surface area contributed by atoms with E-state index in [1.165, 1.54) is 5.56 Å². The van der Waals surface area contributed by atoms with Crippen LogP contribution in [0.2, 0.25) is 0 Å². The second kappa shape index (κ2) is 8.22. The minimum atomic E-state index is -0.0624. The number of ether oxygens (including phenoxy) is 1. The highest BCUT2D eigenvalue weighted by Gasteiger charge is 2.20. The first-order chi connectivity index (χ1) is 11.8. The summed E-state index contributed by atoms with van der Waals surface area (Å²) in [6.07, 6.45) is 0.924. The number of hydrogen-bond acceptors (Lipinski definition) is 4. The van der Waals surface area contributed by atoms with E-state index in [1.807, 2.05) is 42.5 Å². The van der Waals surface area contributed by atoms with Crippen molar-refractivity contribution in [3.8, 4) is 5.75 Å². The van der Waals surface area contributed by atoms with Gasteiger partial charge in [0.05, 0.1) is 13.2 Å². The lowest BCUT2D eigenvalue weighted by molar-refractivity contribution is 0.0939. The summed E-state index contributed by atoms with van der Waals surface area (Å²) in [5.74, 6) is 1.85. The van der Waals surface area contributed by atoms with E-state index in [9.17, 15) is 4.79 Å². The molecule has 0 aromatic heterocycles. The molecule has 1 unspecified atom stereocenters. The summed E-state index contributed by atoms with van der Waals surface area (Å²) in [6.45, 7) is 1.39. The smallest absolute Gasteiger partial charge is 0.251 e. The standard InChI is InChI=1S/C19H21NO3S/c21-9-10-24-17-7-5-15(6-8-17)19(22)20-12-14-11-16-3-1-2-4-18(16)23-13-14/h1-8,14,21H,9-13H2,(H,20,22). The summed E-state index contributed by atoms with van der Waals surface area (Å²) in [5, 5.41) is 11.8. The summed E-state index contributed by atoms with van der Waals surface area (Å²) in [6, 6.07) is 15.5. The van der Waals surface area contributed by atoms with Crippen LogP contribution >= 0.6 is 11.8 Å². The van der Waals surface area contributed by atoms with Crippen LogP contribution in [0.4, 0.5) is 0 Å². The van der Waals surface area contributed by atoms with Gasteiger partial charge in [-0.3, -0.25) is 4.79 Å². The van der Waals surface area contributed by atoms with E-state index >= 15 is 0 Å². The molecule has 24 heavy (non-hydrogen) atoms. The van der Waals surface area contributed by atoms with Gasteiger partial charge in [0, 0.05) is 28.7 Å². The third kappa shape index (κ3) is 4.30. The third-order valence-corrected chi connectivity index (χ3v) is 4.98. The van der Waals surface area contributed by atoms with Crippen molar-refractivity contribution >= 4 is 17.7 Å². The molecule has 2 aromatic rings. The zero-order valence-corrected chi connectivity index (χ0v) is 14.2. The predicted molar refractivity (Wildman–Crippen MR) is 95.7 cm³/mol. The van der Waals surface area contributed by atoms with Crippen molar-refractivity contribution < 1.29 is 14.6 Å². The van der Waals surface area contributed by atoms with Crippen molar-refractivity contribution in [3.63, 3.8) is 0 Å². The Bertz CT molecular complexity index is 687. The number of carbonyl (C=O) groups excluding carboxylic acids is 1. The fourth-order valence-electron chi connectivity index (χ4n) is 2.73. The molecule has 1 aliphatic heterocycles. The van der Waals surface area contributed by atoms with E-state index in [-0.39, 0.29) is 12.5 Å². The number of rotatable bonds is 6. The Hall–Kier alpha value is -1.98. The molecule has 0 aliphatic carbocycles. The van der Waals surface area contributed by atoms with Crippen LogP contribution in [-0.4, -0.2) is 36.5 Å². The Labute approximate surface area is 146 Å². The van der Waals surface area contributed by atoms with Crippen molar-refractivity contribution in [1.82, 2.24) is 5.32 Å². The summed E-state index contributed by atoms with van der Waals surface area (Å²) < 4.78 is 5.75. The van der Waals surface area contributed by atoms with Gasteiger partial charge in [0.2, 0.25) is 0 Å². The molecule has 0 fully saturated rings. The van der Waals surface area contributed by atoms with Gasteiger partial charge in [0.25, 0.3) is 5.91 Å². The van der Waals surface area contributed by atoms with Gasteiger partial charge in [0.15, 0.2) is 0 Å². The van der Waals surface area contributed by atoms with Gasteiger partial charge in [0.1, 0.15) is 5.75 Å². The maximum atomic E-state index is 12.3. The molecule has 4 nitrogen and oxygen atoms in total. The van der Waals surface area contributed by atoms with Gasteiger partial charge >= 0.3 is 0 Å². The van der Waals surface area contributed by atoms with Crippen LogP contribution in [-0.2, 0) is 6.42 Å². The van der Waals surface area contributed by atoms with Crippen molar-refractivity contribution in [2.24, 2.45) is 5.92 Å². The quantitative estimate of drug-likeness (QED) is 0.792. The Kier molecular flexibility index (Phi) is 5.77. The number of nitrogens with one attached hydrogen (secondary N) is 1. The number of carbonyl (C=O) groups is 1. The minimum absolute atomic E-state index is 0.0624. The van der Waals surface area contributed by atoms with Gasteiger partial charge in [-0.2, -0.15) is 0 Å². The van der Waals surface area contributed by atoms with Crippen LogP contribution < -0.4 is 10.1 Å². The lowest BCUT2D eigenvalue weighted by atomic mass is 9.96. The Morgan fingerprint density at radius 2 is 2.00 bits per heavy atom. The van der Waals surface area contributed by atoms with E-state index in [0.717, 1.165) is 17.1 Å². The van der Waals surface area contributed by atoms with Crippen LogP contribution in [0.3, 0.4) is 0 Å². The molecule has 0 spiro atoms. The molecule has 2 N–H and O–H groups in total. The molecule has 1 heterocycles. The van der Waals surface area contributed by atoms with Crippen molar-refractivity contribution in [2.75, 3.05) is 25.5 Å². The van der Waals surface area contributed by atoms with E-state index < -0.39 is 0 Å². The molecule has 0 saturated heterocycles. The predicted octanol–water partition coefficient (Wildman–Crippen LogP) is 2.75. The Morgan fingerprint density at radius 3 is 2.79 bits per heavy atom. The molecule has 0 bridgehead atoms. The number of thioether (sulfide) groups is 1. The fourth-order valence-corrected chi connectivity index (χ4v) is 3.38. The van der Waals surface area contributed by atoms with Crippen molar-refractivity contribution in [3.05, 3.63) is 59.7 Å². The van der Waals surface area contributed by atoms with Gasteiger partial charge in [-0.15, -0.1) is 11.8 Å². The molecular formula is C19H21NO3S. The van der Waals surface area contributed by atoms with Crippen LogP contribution in [0.5, 0.6) is 5.75 Å². The molecule has 126 valence electrons. The topological polar surface area (TPSA) is 58.6 Å². The molecule has 3 rings (SSSR count). The maximum absolute atomic E-state index is 12.3. The first kappa shape index (κ1) is 16.9. The monoisotopic (exact) mass is 343 g/mol. The molecule has 5 heteroatoms. The molecule has 1 amide bonds. The Morgan fingerprint density at radius 1 is 1.21 bits per heavy atom. The van der Waals surface area contributed by atoms with Crippen LogP contribution in [0.15, 0.2) is 53.4 Å². The fraction of sp³-hybridized carbons (Fsp3) is 0.316. The molecule has 0 saturated carbocycles. The number of aliphatic hydroxyl groups excluding tert-OH is 1. The van der Waals surface area contributed by atoms with Crippen molar-refractivity contribution in [2.45, 2.75) is 11.3 Å². The lowest BCUT2D eigenvalue weighted by Crippen LogP contribution is -2.34. The number of para-hydroxylation sites is 1. The highest BCUT2D eigenvalue weighted by Crippen LogP contribution is 2.26. The first-order valence-corrected chi connectivity index (χ1v) is 9.07. The number of hydrogen-bond donors (Lipinski definition) is 2. The van der Waals surface area contributed by atoms with Gasteiger partial charge in [-0.05, 0) is 42.3 Å². The Balaban J connectivity index is 1.51. The molecule has 0 radical (unpaired) electrons. The lowest BCUT2D eigenvalue weighted by Gasteiger charge is -2.25. The average molecular weight is 343 g/mol. The second-order valence-electron chi connectivity index (χ2n) is 5.80. The van der Waals surface area contributed by atoms with Crippen LogP contribution in [0.1, 0.15) is 15.9 Å². The van der Waals surface area contributed by atoms with Crippen molar-refractivity contribution in [1.29, 1.82) is 0 Å². The van der Waals surface area contributed by atoms with Gasteiger partial charge in [-0.1, -0.05) is 18.2 Å². The number of aliphatic hydroxyl groups is 1. The third-order valence-electron chi connectivity index (χ3n) is 3.98. The zero-order chi connectivity index (χ0) is 16.8. The molecule has 1 aliphatic rings. The summed E-state index contributed by atoms with van der Waals surface area (Å²) in [5.41, 5.74) is 1.86. The van der Waals surface area contributed by atoms with Gasteiger partial charge < -0.3 is 15.2 Å². The summed E-state index contributed by atoms with van der Waals surface area (Å²) in [7, 11) is 0. The normalized spacial score (nSPS) is 16.1. The zero-order valence-electron chi connectivity index (χ0n) is 13.4. The number of fused-ring (bicyclic) bond motifs is 1. The maximum Gasteiger partial charge on any atom is 0.251 e. The second-order valence-corrected chi connectivity index (χ2v) is 6.96. The average Bonchev–Trinajstić information content (AvgIpc) is 2.64. The largest absolute Gasteiger partial charge is 0.493 e. The van der Waals surface area contributed by atoms with E-state index in [4.69, 9.17) is 9.84 Å². The molecule has 2 aromatic carbocycles. The van der Waals surface area contributed by atoms with E-state index in [1.54, 1.807) is 11.8 Å². The summed E-state index contributed by atoms with van der Waals surface area (Å²) >= 11 is 1.57. The van der Waals surface area contributed by atoms with Crippen LogP contribution in [0.25, 0.3) is 0 Å². The SMILES string of the molecule is O=C(NCC1COc2ccccc2C1)c1ccc(SCCO)cc1. The van der Waals surface area contributed by atoms with Gasteiger partial charge in [-0.25, -0.2) is 0 Å². The highest BCUT2D eigenvalue weighted by molar-refractivity contribution is 7.99. The number of amides is 1. The molecule has 1 atom stereocenters. The van der Waals surface area contributed by atoms with E-state index in [2.05, 4.69) is 11.4 Å². The first-order valence-electron chi connectivity index (χ1n) is 8.09. The molecular weight excluding hydrogens is 322 g/mol. The minimum Gasteiger partial charge on any atom is -0.493 e.